The second-order valence-corrected chi connectivity index (χ2v) is 10.4. The molecule has 7 N–H and O–H groups in total. The predicted molar refractivity (Wildman–Crippen MR) is 130 cm³/mol. The number of β-lactam (4-membered cyclic amide) rings is 1. The smallest absolute Gasteiger partial charge is 0.353 e. The van der Waals surface area contributed by atoms with Gasteiger partial charge in [-0.05, 0) is 5.16 Å². The molecular formula is C18H17N10O10S2. The Morgan fingerprint density at radius 3 is 2.58 bits per heavy atom. The average Bonchev–Trinajstić information content (AvgIpc) is 3.48. The molecule has 40 heavy (non-hydrogen) atoms. The van der Waals surface area contributed by atoms with Gasteiger partial charge in [-0.1, -0.05) is 0 Å². The normalized spacial score (nSPS) is 17.4. The number of thiazole rings is 1. The first kappa shape index (κ1) is 27.8. The van der Waals surface area contributed by atoms with Gasteiger partial charge in [-0.3, -0.25) is 29.5 Å². The van der Waals surface area contributed by atoms with Gasteiger partial charge in [-0.2, -0.15) is 8.42 Å². The fourth-order valence-electron chi connectivity index (χ4n) is 3.43. The van der Waals surface area contributed by atoms with E-state index < -0.39 is 81.7 Å². The fraction of sp³-hybridized carbons (Fsp3) is 0.222. The number of rotatable bonds is 7. The van der Waals surface area contributed by atoms with Crippen molar-refractivity contribution in [1.29, 1.82) is 0 Å². The van der Waals surface area contributed by atoms with Gasteiger partial charge < -0.3 is 21.1 Å². The summed E-state index contributed by atoms with van der Waals surface area (Å²) in [5.74, 6) is -4.16. The number of carbonyl (C=O) groups is 5. The number of nitrogens with one attached hydrogen (secondary N) is 4. The lowest BCUT2D eigenvalue weighted by molar-refractivity contribution is -0.141. The summed E-state index contributed by atoms with van der Waals surface area (Å²) >= 11 is 0.935. The zero-order valence-electron chi connectivity index (χ0n) is 19.7. The second kappa shape index (κ2) is 10.5. The number of imide groups is 1. The van der Waals surface area contributed by atoms with E-state index in [0.29, 0.717) is 9.91 Å². The highest BCUT2D eigenvalue weighted by atomic mass is 32.2. The number of nitrogen functional groups attached to an aromatic ring is 1. The van der Waals surface area contributed by atoms with E-state index in [1.807, 2.05) is 5.43 Å². The number of aromatic amines is 1. The maximum absolute atomic E-state index is 12.6. The van der Waals surface area contributed by atoms with Crippen LogP contribution in [-0.4, -0.2) is 98.9 Å². The number of urea groups is 2. The number of nitrogens with zero attached hydrogens (tertiary/aromatic N) is 5. The van der Waals surface area contributed by atoms with Gasteiger partial charge in [-0.25, -0.2) is 28.6 Å². The van der Waals surface area contributed by atoms with Gasteiger partial charge in [0, 0.05) is 17.6 Å². The molecule has 20 nitrogen and oxygen atoms in total. The van der Waals surface area contributed by atoms with Gasteiger partial charge in [0.2, 0.25) is 5.43 Å². The van der Waals surface area contributed by atoms with Crippen molar-refractivity contribution in [2.75, 3.05) is 25.4 Å². The van der Waals surface area contributed by atoms with Gasteiger partial charge in [0.25, 0.3) is 17.7 Å². The van der Waals surface area contributed by atoms with Crippen molar-refractivity contribution in [1.82, 2.24) is 39.6 Å². The topological polar surface area (TPSA) is 290 Å². The number of amides is 7. The van der Waals surface area contributed by atoms with Crippen LogP contribution < -0.4 is 26.6 Å². The van der Waals surface area contributed by atoms with Gasteiger partial charge in [0.05, 0.1) is 19.6 Å². The Balaban J connectivity index is 1.32. The Morgan fingerprint density at radius 2 is 1.95 bits per heavy atom. The third kappa shape index (κ3) is 5.19. The molecule has 4 rings (SSSR count). The monoisotopic (exact) mass is 597 g/mol. The maximum Gasteiger partial charge on any atom is 0.353 e. The van der Waals surface area contributed by atoms with Gasteiger partial charge in [-0.15, -0.1) is 16.5 Å². The molecule has 2 aliphatic heterocycles. The minimum atomic E-state index is -4.87. The number of likely N-dealkylation sites (tertiary alicyclic amines) is 1. The molecular weight excluding hydrogens is 580 g/mol. The van der Waals surface area contributed by atoms with E-state index in [2.05, 4.69) is 20.4 Å². The minimum absolute atomic E-state index is 0.0570. The molecule has 4 heterocycles. The SMILES string of the molecule is Nc1nc(C(=N[O])C(=O)NC2CN(C(=O)NS(=O)(=O)N3CCN(NC(=O)c4[nH]ccc(=O)c4O)C3=O)C2=O)cs1. The lowest BCUT2D eigenvalue weighted by atomic mass is 10.1. The number of hydrazine groups is 1. The van der Waals surface area contributed by atoms with Crippen LogP contribution in [0.25, 0.3) is 0 Å². The van der Waals surface area contributed by atoms with Crippen molar-refractivity contribution in [2.24, 2.45) is 5.16 Å². The van der Waals surface area contributed by atoms with E-state index in [1.165, 1.54) is 10.1 Å². The number of aromatic hydroxyl groups is 1. The van der Waals surface area contributed by atoms with E-state index in [-0.39, 0.29) is 21.7 Å². The Hall–Kier alpha value is -5.25. The van der Waals surface area contributed by atoms with Crippen LogP contribution in [0, 0.1) is 0 Å². The van der Waals surface area contributed by atoms with Crippen LogP contribution in [0.2, 0.25) is 0 Å². The Bertz CT molecular complexity index is 1620. The highest BCUT2D eigenvalue weighted by molar-refractivity contribution is 7.88. The van der Waals surface area contributed by atoms with Crippen molar-refractivity contribution >= 4 is 62.2 Å². The zero-order valence-corrected chi connectivity index (χ0v) is 21.3. The highest BCUT2D eigenvalue weighted by Gasteiger charge is 2.46. The molecule has 2 aliphatic rings. The first-order valence-corrected chi connectivity index (χ1v) is 13.1. The predicted octanol–water partition coefficient (Wildman–Crippen LogP) is -3.38. The van der Waals surface area contributed by atoms with Crippen LogP contribution in [0.1, 0.15) is 16.2 Å². The standard InChI is InChI=1S/C18H17N10O10S2/c19-16-22-8(6-39-16)10(24-36)13(31)21-7-5-26(15(7)33)17(34)25-40(37,38)28-4-3-27(18(28)35)23-14(32)11-12(30)9(29)1-2-20-11/h1-2,6-7,30H,3-5H2,(H2,19,22)(H,20,29)(H,21,31)(H,23,32)(H,25,34). The van der Waals surface area contributed by atoms with Crippen LogP contribution in [-0.2, 0) is 25.0 Å². The molecule has 22 heteroatoms. The third-order valence-electron chi connectivity index (χ3n) is 5.42. The molecule has 0 aromatic carbocycles. The number of hydrogen-bond donors (Lipinski definition) is 6. The first-order valence-electron chi connectivity index (χ1n) is 10.8. The number of aromatic nitrogens is 2. The van der Waals surface area contributed by atoms with E-state index in [4.69, 9.17) is 5.73 Å². The number of H-pyrrole nitrogens is 1. The molecule has 2 aromatic rings. The van der Waals surface area contributed by atoms with Crippen molar-refractivity contribution in [3.05, 3.63) is 39.3 Å². The van der Waals surface area contributed by atoms with Crippen LogP contribution in [0.3, 0.4) is 0 Å². The fourth-order valence-corrected chi connectivity index (χ4v) is 5.05. The lowest BCUT2D eigenvalue weighted by Gasteiger charge is -2.36. The Labute approximate surface area is 226 Å². The quantitative estimate of drug-likeness (QED) is 0.104. The summed E-state index contributed by atoms with van der Waals surface area (Å²) in [7, 11) is -4.87. The number of anilines is 1. The largest absolute Gasteiger partial charge is 0.503 e. The Morgan fingerprint density at radius 1 is 1.23 bits per heavy atom. The van der Waals surface area contributed by atoms with Gasteiger partial charge in [0.1, 0.15) is 11.7 Å². The molecule has 0 aliphatic carbocycles. The van der Waals surface area contributed by atoms with Crippen LogP contribution >= 0.6 is 11.3 Å². The Kier molecular flexibility index (Phi) is 7.28. The molecule has 0 spiro atoms. The van der Waals surface area contributed by atoms with E-state index in [1.54, 1.807) is 0 Å². The van der Waals surface area contributed by atoms with Crippen molar-refractivity contribution in [3.8, 4) is 5.75 Å². The summed E-state index contributed by atoms with van der Waals surface area (Å²) in [6, 6.07) is -3.09. The van der Waals surface area contributed by atoms with Gasteiger partial charge in [0.15, 0.2) is 22.3 Å². The number of carbonyl (C=O) groups excluding carboxylic acids is 5. The molecule has 2 aromatic heterocycles. The molecule has 1 atom stereocenters. The maximum atomic E-state index is 12.6. The van der Waals surface area contributed by atoms with Crippen LogP contribution in [0.15, 0.2) is 27.6 Å². The van der Waals surface area contributed by atoms with Gasteiger partial charge >= 0.3 is 22.3 Å². The van der Waals surface area contributed by atoms with Crippen LogP contribution in [0.4, 0.5) is 14.7 Å². The van der Waals surface area contributed by atoms with Crippen LogP contribution in [0.5, 0.6) is 5.75 Å². The summed E-state index contributed by atoms with van der Waals surface area (Å²) in [5, 5.41) is 27.4. The van der Waals surface area contributed by atoms with Crippen molar-refractivity contribution < 1.29 is 42.7 Å². The molecule has 211 valence electrons. The number of hydrogen-bond acceptors (Lipinski definition) is 13. The first-order chi connectivity index (χ1) is 18.8. The minimum Gasteiger partial charge on any atom is -0.503 e. The van der Waals surface area contributed by atoms with E-state index >= 15 is 0 Å². The van der Waals surface area contributed by atoms with E-state index in [0.717, 1.165) is 23.6 Å². The summed E-state index contributed by atoms with van der Waals surface area (Å²) in [4.78, 5) is 79.8. The van der Waals surface area contributed by atoms with E-state index in [9.17, 15) is 47.5 Å². The van der Waals surface area contributed by atoms with Crippen molar-refractivity contribution in [3.63, 3.8) is 0 Å². The molecule has 2 fully saturated rings. The molecule has 1 radical (unpaired) electrons. The zero-order chi connectivity index (χ0) is 29.4. The molecule has 0 bridgehead atoms. The molecule has 1 unspecified atom stereocenters. The summed E-state index contributed by atoms with van der Waals surface area (Å²) in [5.41, 5.74) is 5.21. The van der Waals surface area contributed by atoms with Crippen molar-refractivity contribution in [2.45, 2.75) is 6.04 Å². The summed E-state index contributed by atoms with van der Waals surface area (Å²) < 4.78 is 27.0. The number of nitrogens with two attached hydrogens (primary N) is 1. The molecule has 7 amide bonds. The number of pyridine rings is 1. The third-order valence-corrected chi connectivity index (χ3v) is 7.45. The lowest BCUT2D eigenvalue weighted by Crippen LogP contribution is -2.68. The summed E-state index contributed by atoms with van der Waals surface area (Å²) in [6.07, 6.45) is 1.07. The second-order valence-electron chi connectivity index (χ2n) is 7.91. The molecule has 0 saturated carbocycles. The highest BCUT2D eigenvalue weighted by Crippen LogP contribution is 2.16. The summed E-state index contributed by atoms with van der Waals surface area (Å²) in [6.45, 7) is -1.38. The average molecular weight is 598 g/mol. The molecule has 2 saturated heterocycles.